The number of piperazine rings is 1. The summed E-state index contributed by atoms with van der Waals surface area (Å²) in [5.74, 6) is -0.108. The third kappa shape index (κ3) is 5.72. The van der Waals surface area contributed by atoms with Gasteiger partial charge in [0.15, 0.2) is 0 Å². The van der Waals surface area contributed by atoms with E-state index in [0.29, 0.717) is 12.2 Å². The number of benzene rings is 3. The third-order valence-corrected chi connectivity index (χ3v) is 5.76. The second-order valence-corrected chi connectivity index (χ2v) is 8.03. The largest absolute Gasteiger partial charge is 0.380 e. The zero-order valence-corrected chi connectivity index (χ0v) is 18.0. The zero-order chi connectivity index (χ0) is 21.5. The van der Waals surface area contributed by atoms with E-state index in [1.54, 1.807) is 12.0 Å². The zero-order valence-electron chi connectivity index (χ0n) is 18.0. The molecule has 0 saturated carbocycles. The summed E-state index contributed by atoms with van der Waals surface area (Å²) in [5.41, 5.74) is 5.03. The van der Waals surface area contributed by atoms with Crippen LogP contribution in [0.5, 0.6) is 0 Å². The molecule has 5 nitrogen and oxygen atoms in total. The van der Waals surface area contributed by atoms with Crippen LogP contribution < -0.4 is 15.1 Å². The number of nitrogens with one attached hydrogen (secondary N) is 2. The summed E-state index contributed by atoms with van der Waals surface area (Å²) in [6.07, 6.45) is 0. The maximum Gasteiger partial charge on any atom is 0.255 e. The van der Waals surface area contributed by atoms with Crippen molar-refractivity contribution in [2.75, 3.05) is 43.5 Å². The first-order valence-corrected chi connectivity index (χ1v) is 10.8. The van der Waals surface area contributed by atoms with Crippen LogP contribution in [0.15, 0.2) is 78.9 Å². The molecule has 0 spiro atoms. The second kappa shape index (κ2) is 10.2. The Morgan fingerprint density at radius 3 is 2.35 bits per heavy atom. The van der Waals surface area contributed by atoms with Crippen LogP contribution in [0.4, 0.5) is 11.4 Å². The molecule has 1 heterocycles. The lowest BCUT2D eigenvalue weighted by molar-refractivity contribution is -0.914. The molecule has 0 atom stereocenters. The summed E-state index contributed by atoms with van der Waals surface area (Å²) >= 11 is 0. The van der Waals surface area contributed by atoms with E-state index in [4.69, 9.17) is 4.74 Å². The van der Waals surface area contributed by atoms with Crippen molar-refractivity contribution in [2.45, 2.75) is 13.2 Å². The minimum Gasteiger partial charge on any atom is -0.380 e. The van der Waals surface area contributed by atoms with Crippen LogP contribution in [-0.2, 0) is 17.9 Å². The predicted molar refractivity (Wildman–Crippen MR) is 125 cm³/mol. The molecular weight excluding hydrogens is 386 g/mol. The van der Waals surface area contributed by atoms with Crippen LogP contribution in [0.2, 0.25) is 0 Å². The summed E-state index contributed by atoms with van der Waals surface area (Å²) < 4.78 is 5.15. The van der Waals surface area contributed by atoms with Gasteiger partial charge < -0.3 is 19.9 Å². The van der Waals surface area contributed by atoms with Gasteiger partial charge in [-0.1, -0.05) is 42.5 Å². The van der Waals surface area contributed by atoms with E-state index >= 15 is 0 Å². The van der Waals surface area contributed by atoms with Gasteiger partial charge in [0.25, 0.3) is 5.91 Å². The molecule has 1 aliphatic heterocycles. The van der Waals surface area contributed by atoms with Crippen molar-refractivity contribution in [3.05, 3.63) is 95.6 Å². The fourth-order valence-corrected chi connectivity index (χ4v) is 4.07. The molecule has 5 heteroatoms. The van der Waals surface area contributed by atoms with Crippen molar-refractivity contribution in [3.8, 4) is 0 Å². The van der Waals surface area contributed by atoms with Crippen LogP contribution in [-0.4, -0.2) is 39.2 Å². The number of quaternary nitrogens is 1. The standard InChI is InChI=1S/C26H29N3O2/c1-31-20-22-8-5-9-23(18-22)26(30)27-24-10-12-25(13-11-24)29-16-14-28(15-17-29)19-21-6-3-2-4-7-21/h2-13,18H,14-17,19-20H2,1H3,(H,27,30)/p+1. The van der Waals surface area contributed by atoms with Crippen LogP contribution in [0.1, 0.15) is 21.5 Å². The first-order chi connectivity index (χ1) is 15.2. The Kier molecular flexibility index (Phi) is 6.97. The molecule has 3 aromatic rings. The maximum absolute atomic E-state index is 12.6. The van der Waals surface area contributed by atoms with Gasteiger partial charge in [0.1, 0.15) is 6.54 Å². The average molecular weight is 417 g/mol. The van der Waals surface area contributed by atoms with E-state index in [9.17, 15) is 4.79 Å². The number of rotatable bonds is 7. The van der Waals surface area contributed by atoms with Gasteiger partial charge in [-0.25, -0.2) is 0 Å². The lowest BCUT2D eigenvalue weighted by atomic mass is 10.1. The van der Waals surface area contributed by atoms with Crippen molar-refractivity contribution in [2.24, 2.45) is 0 Å². The molecule has 1 aliphatic rings. The molecule has 1 saturated heterocycles. The summed E-state index contributed by atoms with van der Waals surface area (Å²) in [6, 6.07) is 26.4. The van der Waals surface area contributed by atoms with Gasteiger partial charge in [-0.05, 0) is 42.0 Å². The van der Waals surface area contributed by atoms with Crippen LogP contribution in [0, 0.1) is 0 Å². The van der Waals surface area contributed by atoms with Crippen molar-refractivity contribution in [1.29, 1.82) is 0 Å². The molecule has 160 valence electrons. The SMILES string of the molecule is COCc1cccc(C(=O)Nc2ccc(N3CC[NH+](Cc4ccccc4)CC3)cc2)c1. The molecule has 0 radical (unpaired) electrons. The highest BCUT2D eigenvalue weighted by molar-refractivity contribution is 6.04. The van der Waals surface area contributed by atoms with Gasteiger partial charge in [0, 0.05) is 29.6 Å². The molecule has 0 aliphatic carbocycles. The summed E-state index contributed by atoms with van der Waals surface area (Å²) in [6.45, 7) is 5.93. The molecule has 0 aromatic heterocycles. The fraction of sp³-hybridized carbons (Fsp3) is 0.269. The summed E-state index contributed by atoms with van der Waals surface area (Å²) in [4.78, 5) is 16.6. The number of methoxy groups -OCH3 is 1. The predicted octanol–water partition coefficient (Wildman–Crippen LogP) is 2.99. The number of carbonyl (C=O) groups is 1. The van der Waals surface area contributed by atoms with Crippen LogP contribution in [0.25, 0.3) is 0 Å². The van der Waals surface area contributed by atoms with E-state index in [0.717, 1.165) is 44.0 Å². The first-order valence-electron chi connectivity index (χ1n) is 10.8. The Bertz CT molecular complexity index is 981. The molecule has 0 bridgehead atoms. The van der Waals surface area contributed by atoms with Crippen LogP contribution >= 0.6 is 0 Å². The highest BCUT2D eigenvalue weighted by Gasteiger charge is 2.20. The Balaban J connectivity index is 1.30. The second-order valence-electron chi connectivity index (χ2n) is 8.03. The minimum atomic E-state index is -0.108. The molecular formula is C26H30N3O2+. The topological polar surface area (TPSA) is 46.0 Å². The molecule has 0 unspecified atom stereocenters. The van der Waals surface area contributed by atoms with Crippen LogP contribution in [0.3, 0.4) is 0 Å². The maximum atomic E-state index is 12.6. The van der Waals surface area contributed by atoms with E-state index in [2.05, 4.69) is 52.7 Å². The molecule has 2 N–H and O–H groups in total. The monoisotopic (exact) mass is 416 g/mol. The number of ether oxygens (including phenoxy) is 1. The number of hydrogen-bond donors (Lipinski definition) is 2. The summed E-state index contributed by atoms with van der Waals surface area (Å²) in [7, 11) is 1.65. The van der Waals surface area contributed by atoms with E-state index < -0.39 is 0 Å². The molecule has 31 heavy (non-hydrogen) atoms. The van der Waals surface area contributed by atoms with E-state index in [1.807, 2.05) is 36.4 Å². The van der Waals surface area contributed by atoms with Crippen molar-refractivity contribution in [1.82, 2.24) is 0 Å². The molecule has 1 fully saturated rings. The van der Waals surface area contributed by atoms with Crippen molar-refractivity contribution in [3.63, 3.8) is 0 Å². The van der Waals surface area contributed by atoms with Gasteiger partial charge in [-0.15, -0.1) is 0 Å². The van der Waals surface area contributed by atoms with Gasteiger partial charge in [0.2, 0.25) is 0 Å². The Morgan fingerprint density at radius 2 is 1.65 bits per heavy atom. The Morgan fingerprint density at radius 1 is 0.935 bits per heavy atom. The van der Waals surface area contributed by atoms with Gasteiger partial charge in [0.05, 0.1) is 32.8 Å². The molecule has 3 aromatic carbocycles. The number of anilines is 2. The first kappa shape index (κ1) is 21.1. The van der Waals surface area contributed by atoms with Gasteiger partial charge in [-0.3, -0.25) is 4.79 Å². The molecule has 4 rings (SSSR count). The number of hydrogen-bond acceptors (Lipinski definition) is 3. The number of carbonyl (C=O) groups excluding carboxylic acids is 1. The average Bonchev–Trinajstić information content (AvgIpc) is 2.81. The lowest BCUT2D eigenvalue weighted by Gasteiger charge is -2.33. The quantitative estimate of drug-likeness (QED) is 0.623. The summed E-state index contributed by atoms with van der Waals surface area (Å²) in [5, 5.41) is 2.99. The smallest absolute Gasteiger partial charge is 0.255 e. The number of amides is 1. The van der Waals surface area contributed by atoms with E-state index in [1.165, 1.54) is 11.3 Å². The van der Waals surface area contributed by atoms with E-state index in [-0.39, 0.29) is 5.91 Å². The molecule has 1 amide bonds. The normalized spacial score (nSPS) is 14.4. The Labute approximate surface area is 184 Å². The fourth-order valence-electron chi connectivity index (χ4n) is 4.07. The lowest BCUT2D eigenvalue weighted by Crippen LogP contribution is -3.13. The van der Waals surface area contributed by atoms with Crippen molar-refractivity contribution < 1.29 is 14.4 Å². The highest BCUT2D eigenvalue weighted by atomic mass is 16.5. The highest BCUT2D eigenvalue weighted by Crippen LogP contribution is 2.19. The van der Waals surface area contributed by atoms with Gasteiger partial charge >= 0.3 is 0 Å². The third-order valence-electron chi connectivity index (χ3n) is 5.76. The Hall–Kier alpha value is -3.15. The van der Waals surface area contributed by atoms with Crippen molar-refractivity contribution >= 4 is 17.3 Å². The minimum absolute atomic E-state index is 0.108. The number of nitrogens with zero attached hydrogens (tertiary/aromatic N) is 1. The van der Waals surface area contributed by atoms with Gasteiger partial charge in [-0.2, -0.15) is 0 Å².